The number of nitrogens with zero attached hydrogens (tertiary/aromatic N) is 3. The molecule has 9 heteroatoms. The molecule has 1 aliphatic heterocycles. The topological polar surface area (TPSA) is 62.0 Å². The molecule has 1 aromatic rings. The monoisotopic (exact) mass is 468 g/mol. The molecule has 0 unspecified atom stereocenters. The van der Waals surface area contributed by atoms with E-state index < -0.39 is 5.54 Å². The van der Waals surface area contributed by atoms with Crippen LogP contribution in [0.25, 0.3) is 0 Å². The van der Waals surface area contributed by atoms with Gasteiger partial charge in [-0.3, -0.25) is 4.79 Å². The molecule has 1 aliphatic carbocycles. The van der Waals surface area contributed by atoms with Crippen molar-refractivity contribution in [1.29, 1.82) is 0 Å². The fourth-order valence-electron chi connectivity index (χ4n) is 3.86. The number of ether oxygens (including phenoxy) is 1. The van der Waals surface area contributed by atoms with Gasteiger partial charge in [0.2, 0.25) is 5.91 Å². The summed E-state index contributed by atoms with van der Waals surface area (Å²) in [7, 11) is 4.08. The van der Waals surface area contributed by atoms with Gasteiger partial charge in [0.25, 0.3) is 0 Å². The van der Waals surface area contributed by atoms with Crippen molar-refractivity contribution >= 4 is 48.8 Å². The molecular weight excluding hydrogens is 435 g/mol. The lowest BCUT2D eigenvalue weighted by Crippen LogP contribution is -2.58. The number of carbonyl (C=O) groups is 1. The van der Waals surface area contributed by atoms with E-state index in [1.54, 1.807) is 0 Å². The van der Waals surface area contributed by atoms with Crippen LogP contribution in [0.5, 0.6) is 5.75 Å². The largest absolute Gasteiger partial charge is 0.490 e. The molecule has 2 N–H and O–H groups in total. The Morgan fingerprint density at radius 3 is 2.24 bits per heavy atom. The Kier molecular flexibility index (Phi) is 12.3. The van der Waals surface area contributed by atoms with Crippen LogP contribution in [0, 0.1) is 0 Å². The van der Waals surface area contributed by atoms with Gasteiger partial charge in [-0.1, -0.05) is 25.0 Å². The van der Waals surface area contributed by atoms with Gasteiger partial charge in [-0.05, 0) is 39.1 Å². The first-order valence-electron chi connectivity index (χ1n) is 9.69. The van der Waals surface area contributed by atoms with E-state index in [-0.39, 0.29) is 43.1 Å². The Morgan fingerprint density at radius 1 is 1.07 bits per heavy atom. The molecule has 2 fully saturated rings. The molecule has 1 heterocycles. The van der Waals surface area contributed by atoms with Crippen LogP contribution in [-0.4, -0.2) is 74.7 Å². The van der Waals surface area contributed by atoms with E-state index in [4.69, 9.17) is 10.5 Å². The molecule has 1 amide bonds. The van der Waals surface area contributed by atoms with Crippen molar-refractivity contribution in [3.05, 3.63) is 24.3 Å². The van der Waals surface area contributed by atoms with Crippen molar-refractivity contribution in [1.82, 2.24) is 9.80 Å². The van der Waals surface area contributed by atoms with Crippen LogP contribution in [-0.2, 0) is 4.79 Å². The number of nitrogens with two attached hydrogens (primary N) is 1. The van der Waals surface area contributed by atoms with Crippen molar-refractivity contribution in [2.75, 3.05) is 58.3 Å². The number of likely N-dealkylation sites (N-methyl/N-ethyl adjacent to an activating group) is 1. The second kappa shape index (κ2) is 12.7. The van der Waals surface area contributed by atoms with Gasteiger partial charge in [-0.2, -0.15) is 0 Å². The van der Waals surface area contributed by atoms with E-state index in [0.717, 1.165) is 69.8 Å². The summed E-state index contributed by atoms with van der Waals surface area (Å²) in [5, 5.41) is 0. The van der Waals surface area contributed by atoms with Gasteiger partial charge >= 0.3 is 0 Å². The van der Waals surface area contributed by atoms with Crippen LogP contribution >= 0.6 is 37.2 Å². The first-order valence-corrected chi connectivity index (χ1v) is 9.69. The molecule has 0 atom stereocenters. The quantitative estimate of drug-likeness (QED) is 0.694. The lowest BCUT2D eigenvalue weighted by Gasteiger charge is -2.39. The summed E-state index contributed by atoms with van der Waals surface area (Å²) in [6.07, 6.45) is 3.79. The number of hydrogen-bond donors (Lipinski definition) is 1. The zero-order valence-electron chi connectivity index (χ0n) is 17.3. The molecule has 6 nitrogen and oxygen atoms in total. The Balaban J connectivity index is 0.00000261. The van der Waals surface area contributed by atoms with Gasteiger partial charge < -0.3 is 25.2 Å². The van der Waals surface area contributed by atoms with Gasteiger partial charge in [-0.15, -0.1) is 37.2 Å². The molecule has 168 valence electrons. The second-order valence-electron chi connectivity index (χ2n) is 7.76. The highest BCUT2D eigenvalue weighted by atomic mass is 35.5. The average Bonchev–Trinajstić information content (AvgIpc) is 3.09. The van der Waals surface area contributed by atoms with Crippen LogP contribution in [0.4, 0.5) is 5.69 Å². The molecule has 1 saturated heterocycles. The third-order valence-corrected chi connectivity index (χ3v) is 5.49. The van der Waals surface area contributed by atoms with E-state index in [0.29, 0.717) is 6.61 Å². The number of para-hydroxylation sites is 2. The number of amides is 1. The maximum Gasteiger partial charge on any atom is 0.242 e. The van der Waals surface area contributed by atoms with Crippen molar-refractivity contribution in [3.8, 4) is 5.75 Å². The third-order valence-electron chi connectivity index (χ3n) is 5.49. The molecule has 1 saturated carbocycles. The highest BCUT2D eigenvalue weighted by Gasteiger charge is 2.40. The van der Waals surface area contributed by atoms with E-state index >= 15 is 0 Å². The molecule has 29 heavy (non-hydrogen) atoms. The van der Waals surface area contributed by atoms with E-state index in [1.807, 2.05) is 37.2 Å². The predicted molar refractivity (Wildman–Crippen MR) is 126 cm³/mol. The fourth-order valence-corrected chi connectivity index (χ4v) is 3.86. The maximum atomic E-state index is 12.8. The Labute approximate surface area is 193 Å². The predicted octanol–water partition coefficient (Wildman–Crippen LogP) is 2.81. The standard InChI is InChI=1S/C20H32N4O2.3ClH/c1-22(2)15-16-26-18-8-4-3-7-17(18)23-11-13-24(14-12-23)19(25)20(21)9-5-6-10-20;;;/h3-4,7-8H,5-6,9-16,21H2,1-2H3;3*1H. The highest BCUT2D eigenvalue weighted by molar-refractivity contribution is 5.87. The zero-order chi connectivity index (χ0) is 18.6. The number of rotatable bonds is 6. The van der Waals surface area contributed by atoms with Crippen LogP contribution in [0.1, 0.15) is 25.7 Å². The molecule has 3 rings (SSSR count). The van der Waals surface area contributed by atoms with E-state index in [1.165, 1.54) is 0 Å². The smallest absolute Gasteiger partial charge is 0.242 e. The number of halogens is 3. The molecular formula is C20H35Cl3N4O2. The SMILES string of the molecule is CN(C)CCOc1ccccc1N1CCN(C(=O)C2(N)CCCC2)CC1.Cl.Cl.Cl. The van der Waals surface area contributed by atoms with Crippen molar-refractivity contribution in [2.45, 2.75) is 31.2 Å². The summed E-state index contributed by atoms with van der Waals surface area (Å²) in [6.45, 7) is 4.63. The van der Waals surface area contributed by atoms with Crippen molar-refractivity contribution < 1.29 is 9.53 Å². The molecule has 2 aliphatic rings. The summed E-state index contributed by atoms with van der Waals surface area (Å²) < 4.78 is 5.99. The lowest BCUT2D eigenvalue weighted by atomic mass is 9.97. The van der Waals surface area contributed by atoms with Crippen molar-refractivity contribution in [2.24, 2.45) is 5.73 Å². The fraction of sp³-hybridized carbons (Fsp3) is 0.650. The van der Waals surface area contributed by atoms with Crippen LogP contribution < -0.4 is 15.4 Å². The first-order chi connectivity index (χ1) is 12.5. The van der Waals surface area contributed by atoms with E-state index in [9.17, 15) is 4.79 Å². The summed E-state index contributed by atoms with van der Waals surface area (Å²) in [5.74, 6) is 1.06. The number of carbonyl (C=O) groups excluding carboxylic acids is 1. The first kappa shape index (κ1) is 28.1. The molecule has 1 aromatic carbocycles. The highest BCUT2D eigenvalue weighted by Crippen LogP contribution is 2.31. The molecule has 0 spiro atoms. The number of anilines is 1. The van der Waals surface area contributed by atoms with Gasteiger partial charge in [0, 0.05) is 32.7 Å². The second-order valence-corrected chi connectivity index (χ2v) is 7.76. The van der Waals surface area contributed by atoms with Crippen molar-refractivity contribution in [3.63, 3.8) is 0 Å². The molecule has 0 bridgehead atoms. The average molecular weight is 470 g/mol. The normalized spacial score (nSPS) is 17.8. The minimum absolute atomic E-state index is 0. The summed E-state index contributed by atoms with van der Waals surface area (Å²) in [5.41, 5.74) is 6.85. The number of piperazine rings is 1. The van der Waals surface area contributed by atoms with Gasteiger partial charge in [0.1, 0.15) is 12.4 Å². The van der Waals surface area contributed by atoms with Crippen LogP contribution in [0.2, 0.25) is 0 Å². The summed E-state index contributed by atoms with van der Waals surface area (Å²) >= 11 is 0. The van der Waals surface area contributed by atoms with Gasteiger partial charge in [0.05, 0.1) is 11.2 Å². The summed E-state index contributed by atoms with van der Waals surface area (Å²) in [4.78, 5) is 19.2. The summed E-state index contributed by atoms with van der Waals surface area (Å²) in [6, 6.07) is 8.17. The number of hydrogen-bond acceptors (Lipinski definition) is 5. The Hall–Kier alpha value is -0.920. The number of benzene rings is 1. The minimum Gasteiger partial charge on any atom is -0.490 e. The van der Waals surface area contributed by atoms with Crippen LogP contribution in [0.3, 0.4) is 0 Å². The zero-order valence-corrected chi connectivity index (χ0v) is 19.8. The molecule has 0 radical (unpaired) electrons. The Bertz CT molecular complexity index is 619. The third kappa shape index (κ3) is 7.07. The molecule has 0 aromatic heterocycles. The minimum atomic E-state index is -0.616. The Morgan fingerprint density at radius 2 is 1.66 bits per heavy atom. The lowest BCUT2D eigenvalue weighted by molar-refractivity contribution is -0.137. The van der Waals surface area contributed by atoms with Gasteiger partial charge in [0.15, 0.2) is 0 Å². The van der Waals surface area contributed by atoms with Gasteiger partial charge in [-0.25, -0.2) is 0 Å². The van der Waals surface area contributed by atoms with E-state index in [2.05, 4.69) is 15.9 Å². The van der Waals surface area contributed by atoms with Crippen LogP contribution in [0.15, 0.2) is 24.3 Å². The maximum absolute atomic E-state index is 12.8.